The molecule has 0 aromatic rings. The van der Waals surface area contributed by atoms with Gasteiger partial charge in [0.2, 0.25) is 0 Å². The van der Waals surface area contributed by atoms with Gasteiger partial charge in [0, 0.05) is 0 Å². The molecule has 0 atom stereocenters. The van der Waals surface area contributed by atoms with Crippen LogP contribution in [-0.2, 0) is 0 Å². The quantitative estimate of drug-likeness (QED) is 0.656. The van der Waals surface area contributed by atoms with E-state index >= 15 is 0 Å². The predicted octanol–water partition coefficient (Wildman–Crippen LogP) is 4.41. The Morgan fingerprint density at radius 1 is 0.917 bits per heavy atom. The SMILES string of the molecule is C[CH](C)[Ge]([Cl])([CH](C)C)[Sn]([CH3])([CH3])[CH3]. The van der Waals surface area contributed by atoms with E-state index in [9.17, 15) is 0 Å². The van der Waals surface area contributed by atoms with Crippen molar-refractivity contribution >= 4 is 35.1 Å². The van der Waals surface area contributed by atoms with Gasteiger partial charge in [-0.1, -0.05) is 0 Å². The van der Waals surface area contributed by atoms with E-state index in [1.807, 2.05) is 0 Å². The molecule has 0 aliphatic heterocycles. The molecule has 0 fully saturated rings. The van der Waals surface area contributed by atoms with Gasteiger partial charge in [-0.3, -0.25) is 0 Å². The number of halogens is 1. The van der Waals surface area contributed by atoms with Crippen LogP contribution < -0.4 is 0 Å². The summed E-state index contributed by atoms with van der Waals surface area (Å²) in [7, 11) is 5.00. The van der Waals surface area contributed by atoms with E-state index in [0.29, 0.717) is 0 Å². The van der Waals surface area contributed by atoms with Crippen LogP contribution in [0, 0.1) is 0 Å². The van der Waals surface area contributed by atoms with Gasteiger partial charge in [0.25, 0.3) is 0 Å². The average molecular weight is 358 g/mol. The first-order chi connectivity index (χ1) is 5.14. The first kappa shape index (κ1) is 13.6. The van der Waals surface area contributed by atoms with Gasteiger partial charge in [-0.25, -0.2) is 0 Å². The third-order valence-corrected chi connectivity index (χ3v) is 90.2. The van der Waals surface area contributed by atoms with E-state index < -0.39 is 25.0 Å². The first-order valence-electron chi connectivity index (χ1n) is 4.83. The maximum atomic E-state index is 6.97. The molecule has 0 saturated carbocycles. The van der Waals surface area contributed by atoms with Gasteiger partial charge >= 0.3 is 87.1 Å². The molecule has 74 valence electrons. The second-order valence-corrected chi connectivity index (χ2v) is 67.6. The van der Waals surface area contributed by atoms with Crippen molar-refractivity contribution in [1.29, 1.82) is 0 Å². The maximum absolute atomic E-state index is 6.97. The summed E-state index contributed by atoms with van der Waals surface area (Å²) in [5.74, 6) is 0. The van der Waals surface area contributed by atoms with Crippen molar-refractivity contribution in [3.63, 3.8) is 0 Å². The minimum absolute atomic E-state index is 0.794. The summed E-state index contributed by atoms with van der Waals surface area (Å²) in [5.41, 5.74) is 0. The fourth-order valence-electron chi connectivity index (χ4n) is 2.40. The van der Waals surface area contributed by atoms with E-state index in [0.717, 1.165) is 9.50 Å². The summed E-state index contributed by atoms with van der Waals surface area (Å²) >= 11 is -1.82. The molecule has 0 aromatic heterocycles. The van der Waals surface area contributed by atoms with Crippen LogP contribution in [0.15, 0.2) is 0 Å². The average Bonchev–Trinajstić information content (AvgIpc) is 1.82. The Bertz CT molecular complexity index is 141. The second-order valence-electron chi connectivity index (χ2n) is 5.33. The van der Waals surface area contributed by atoms with E-state index in [2.05, 4.69) is 42.5 Å². The van der Waals surface area contributed by atoms with Gasteiger partial charge in [-0.15, -0.1) is 0 Å². The van der Waals surface area contributed by atoms with Crippen molar-refractivity contribution in [3.05, 3.63) is 0 Å². The van der Waals surface area contributed by atoms with Crippen molar-refractivity contribution < 1.29 is 0 Å². The predicted molar refractivity (Wildman–Crippen MR) is 65.1 cm³/mol. The molecule has 0 spiro atoms. The van der Waals surface area contributed by atoms with Gasteiger partial charge in [0.1, 0.15) is 0 Å². The van der Waals surface area contributed by atoms with Crippen molar-refractivity contribution in [2.24, 2.45) is 0 Å². The van der Waals surface area contributed by atoms with Crippen LogP contribution in [-0.4, -0.2) is 25.0 Å². The Kier molecular flexibility index (Phi) is 5.04. The zero-order valence-corrected chi connectivity index (χ0v) is 15.2. The summed E-state index contributed by atoms with van der Waals surface area (Å²) in [6.07, 6.45) is 0. The second kappa shape index (κ2) is 4.43. The van der Waals surface area contributed by atoms with Crippen LogP contribution >= 0.6 is 10.0 Å². The number of rotatable bonds is 3. The fraction of sp³-hybridized carbons (Fsp3) is 1.00. The fourth-order valence-corrected chi connectivity index (χ4v) is 63.8. The standard InChI is InChI=1S/C6H14ClGe.3CH3.Sn/c1-5(2)8(7)6(3)4;;;;/h5-6H,1-4H3;3*1H3;. The van der Waals surface area contributed by atoms with E-state index in [1.165, 1.54) is 0 Å². The molecule has 0 unspecified atom stereocenters. The van der Waals surface area contributed by atoms with Gasteiger partial charge in [0.15, 0.2) is 0 Å². The Labute approximate surface area is 86.4 Å². The van der Waals surface area contributed by atoms with E-state index in [1.54, 1.807) is 0 Å². The summed E-state index contributed by atoms with van der Waals surface area (Å²) in [6.45, 7) is 9.37. The molecule has 0 N–H and O–H groups in total. The summed E-state index contributed by atoms with van der Waals surface area (Å²) in [4.78, 5) is 7.55. The third-order valence-electron chi connectivity index (χ3n) is 2.83. The monoisotopic (exact) mass is 360 g/mol. The van der Waals surface area contributed by atoms with Crippen LogP contribution in [0.2, 0.25) is 24.3 Å². The third kappa shape index (κ3) is 2.57. The van der Waals surface area contributed by atoms with Crippen molar-refractivity contribution in [2.45, 2.75) is 52.0 Å². The molecule has 0 heterocycles. The summed E-state index contributed by atoms with van der Waals surface area (Å²) in [5, 5.41) is 0. The Hall–Kier alpha value is 1.63. The molecule has 0 rings (SSSR count). The molecule has 3 heteroatoms. The molecular weight excluding hydrogens is 335 g/mol. The van der Waals surface area contributed by atoms with Gasteiger partial charge in [-0.05, 0) is 0 Å². The van der Waals surface area contributed by atoms with Crippen molar-refractivity contribution in [2.75, 3.05) is 0 Å². The Morgan fingerprint density at radius 3 is 1.17 bits per heavy atom. The van der Waals surface area contributed by atoms with Crippen LogP contribution in [0.25, 0.3) is 0 Å². The zero-order chi connectivity index (χ0) is 10.2. The van der Waals surface area contributed by atoms with Gasteiger partial charge < -0.3 is 0 Å². The summed E-state index contributed by atoms with van der Waals surface area (Å²) in [6, 6.07) is 0. The molecule has 12 heavy (non-hydrogen) atoms. The number of hydrogen-bond donors (Lipinski definition) is 0. The molecule has 0 aliphatic carbocycles. The molecule has 0 bridgehead atoms. The minimum atomic E-state index is -1.96. The van der Waals surface area contributed by atoms with Gasteiger partial charge in [0.05, 0.1) is 0 Å². The van der Waals surface area contributed by atoms with Crippen molar-refractivity contribution in [1.82, 2.24) is 0 Å². The molecule has 0 saturated heterocycles. The molecule has 0 radical (unpaired) electrons. The number of hydrogen-bond acceptors (Lipinski definition) is 0. The topological polar surface area (TPSA) is 0 Å². The normalized spacial score (nSPS) is 14.5. The first-order valence-corrected chi connectivity index (χ1v) is 27.0. The van der Waals surface area contributed by atoms with E-state index in [4.69, 9.17) is 10.0 Å². The molecule has 0 nitrogen and oxygen atoms in total. The van der Waals surface area contributed by atoms with E-state index in [-0.39, 0.29) is 0 Å². The molecule has 0 amide bonds. The van der Waals surface area contributed by atoms with Gasteiger partial charge in [-0.2, -0.15) is 0 Å². The molecule has 0 aromatic carbocycles. The van der Waals surface area contributed by atoms with Crippen molar-refractivity contribution in [3.8, 4) is 0 Å². The molecular formula is C9H23ClGeSn. The van der Waals surface area contributed by atoms with Crippen LogP contribution in [0.4, 0.5) is 0 Å². The molecule has 0 aliphatic rings. The summed E-state index contributed by atoms with van der Waals surface area (Å²) < 4.78 is 1.59. The zero-order valence-electron chi connectivity index (χ0n) is 9.53. The Balaban J connectivity index is 4.89. The van der Waals surface area contributed by atoms with Crippen LogP contribution in [0.3, 0.4) is 0 Å². The Morgan fingerprint density at radius 2 is 1.17 bits per heavy atom. The van der Waals surface area contributed by atoms with Crippen LogP contribution in [0.1, 0.15) is 27.7 Å². The van der Waals surface area contributed by atoms with Crippen LogP contribution in [0.5, 0.6) is 0 Å².